The molecule has 0 aliphatic carbocycles. The van der Waals surface area contributed by atoms with E-state index in [-0.39, 0.29) is 0 Å². The van der Waals surface area contributed by atoms with Crippen LogP contribution in [0.15, 0.2) is 227 Å². The number of benzene rings is 10. The number of para-hydroxylation sites is 4. The zero-order valence-electron chi connectivity index (χ0n) is 33.5. The fourth-order valence-electron chi connectivity index (χ4n) is 9.75. The van der Waals surface area contributed by atoms with Crippen molar-refractivity contribution in [3.8, 4) is 27.9 Å². The van der Waals surface area contributed by atoms with Crippen LogP contribution in [0.25, 0.3) is 104 Å². The van der Waals surface area contributed by atoms with Crippen LogP contribution in [-0.4, -0.2) is 4.57 Å². The first-order valence-corrected chi connectivity index (χ1v) is 21.1. The van der Waals surface area contributed by atoms with Gasteiger partial charge >= 0.3 is 0 Å². The van der Waals surface area contributed by atoms with Crippen LogP contribution in [-0.2, 0) is 0 Å². The summed E-state index contributed by atoms with van der Waals surface area (Å²) in [6.07, 6.45) is 0. The third kappa shape index (κ3) is 5.27. The Hall–Kier alpha value is -8.34. The van der Waals surface area contributed by atoms with Gasteiger partial charge in [0.2, 0.25) is 0 Å². The summed E-state index contributed by atoms with van der Waals surface area (Å²) in [5, 5.41) is 9.10. The molecule has 0 aliphatic heterocycles. The molecule has 0 N–H and O–H groups in total. The largest absolute Gasteiger partial charge is 0.456 e. The average Bonchev–Trinajstić information content (AvgIpc) is 4.02. The minimum Gasteiger partial charge on any atom is -0.456 e. The number of rotatable bonds is 6. The molecule has 62 heavy (non-hydrogen) atoms. The van der Waals surface area contributed by atoms with Gasteiger partial charge in [-0.25, -0.2) is 0 Å². The summed E-state index contributed by atoms with van der Waals surface area (Å²) in [6.45, 7) is 0. The van der Waals surface area contributed by atoms with Gasteiger partial charge in [-0.3, -0.25) is 0 Å². The van der Waals surface area contributed by atoms with Gasteiger partial charge in [-0.2, -0.15) is 0 Å². The Labute approximate surface area is 356 Å². The van der Waals surface area contributed by atoms with Crippen molar-refractivity contribution in [2.45, 2.75) is 0 Å². The second-order valence-corrected chi connectivity index (χ2v) is 16.0. The third-order valence-corrected chi connectivity index (χ3v) is 12.6. The lowest BCUT2D eigenvalue weighted by molar-refractivity contribution is 0.669. The zero-order chi connectivity index (χ0) is 40.7. The fourth-order valence-corrected chi connectivity index (χ4v) is 9.75. The molecule has 0 bridgehead atoms. The normalized spacial score (nSPS) is 11.9. The van der Waals surface area contributed by atoms with Crippen LogP contribution in [0.2, 0.25) is 0 Å². The van der Waals surface area contributed by atoms with E-state index in [0.29, 0.717) is 0 Å². The maximum Gasteiger partial charge on any atom is 0.143 e. The van der Waals surface area contributed by atoms with Crippen molar-refractivity contribution in [1.29, 1.82) is 0 Å². The predicted octanol–water partition coefficient (Wildman–Crippen LogP) is 16.5. The Kier molecular flexibility index (Phi) is 7.57. The maximum absolute atomic E-state index is 6.76. The molecule has 13 rings (SSSR count). The highest BCUT2D eigenvalue weighted by molar-refractivity contribution is 6.20. The quantitative estimate of drug-likeness (QED) is 0.168. The van der Waals surface area contributed by atoms with Crippen molar-refractivity contribution >= 4 is 93.5 Å². The molecule has 0 saturated heterocycles. The van der Waals surface area contributed by atoms with Crippen molar-refractivity contribution in [2.75, 3.05) is 4.90 Å². The average molecular weight is 793 g/mol. The van der Waals surface area contributed by atoms with Crippen LogP contribution in [0.5, 0.6) is 0 Å². The summed E-state index contributed by atoms with van der Waals surface area (Å²) in [5.41, 5.74) is 14.7. The summed E-state index contributed by atoms with van der Waals surface area (Å²) in [6, 6.07) is 78.0. The molecule has 13 aromatic rings. The Morgan fingerprint density at radius 2 is 1.02 bits per heavy atom. The highest BCUT2D eigenvalue weighted by Crippen LogP contribution is 2.48. The molecule has 0 fully saturated rings. The van der Waals surface area contributed by atoms with E-state index in [2.05, 4.69) is 216 Å². The summed E-state index contributed by atoms with van der Waals surface area (Å²) in [5.74, 6) is 0. The van der Waals surface area contributed by atoms with Crippen LogP contribution in [0.4, 0.5) is 17.1 Å². The van der Waals surface area contributed by atoms with Gasteiger partial charge in [0, 0.05) is 49.3 Å². The van der Waals surface area contributed by atoms with Gasteiger partial charge in [0.15, 0.2) is 0 Å². The smallest absolute Gasteiger partial charge is 0.143 e. The van der Waals surface area contributed by atoms with Crippen LogP contribution in [0.3, 0.4) is 0 Å². The lowest BCUT2D eigenvalue weighted by Gasteiger charge is -2.28. The number of fused-ring (bicyclic) bond motifs is 11. The second kappa shape index (κ2) is 13.6. The van der Waals surface area contributed by atoms with Crippen LogP contribution < -0.4 is 4.90 Å². The topological polar surface area (TPSA) is 34.5 Å². The van der Waals surface area contributed by atoms with Crippen LogP contribution in [0, 0.1) is 0 Å². The lowest BCUT2D eigenvalue weighted by Crippen LogP contribution is -2.11. The van der Waals surface area contributed by atoms with Crippen LogP contribution >= 0.6 is 0 Å². The minimum absolute atomic E-state index is 0.849. The van der Waals surface area contributed by atoms with Crippen molar-refractivity contribution < 1.29 is 8.83 Å². The number of nitrogens with zero attached hydrogens (tertiary/aromatic N) is 2. The Bertz CT molecular complexity index is 3870. The van der Waals surface area contributed by atoms with Crippen molar-refractivity contribution in [3.63, 3.8) is 0 Å². The Morgan fingerprint density at radius 3 is 1.92 bits per heavy atom. The van der Waals surface area contributed by atoms with E-state index in [1.165, 1.54) is 27.4 Å². The van der Waals surface area contributed by atoms with Crippen molar-refractivity contribution in [3.05, 3.63) is 218 Å². The monoisotopic (exact) mass is 792 g/mol. The van der Waals surface area contributed by atoms with E-state index in [1.807, 2.05) is 12.1 Å². The third-order valence-electron chi connectivity index (χ3n) is 12.6. The lowest BCUT2D eigenvalue weighted by atomic mass is 9.98. The van der Waals surface area contributed by atoms with E-state index in [0.717, 1.165) is 94.1 Å². The molecule has 0 amide bonds. The molecule has 0 aliphatic rings. The van der Waals surface area contributed by atoms with Crippen molar-refractivity contribution in [2.24, 2.45) is 0 Å². The highest BCUT2D eigenvalue weighted by Gasteiger charge is 2.23. The summed E-state index contributed by atoms with van der Waals surface area (Å²) in [7, 11) is 0. The van der Waals surface area contributed by atoms with E-state index >= 15 is 0 Å². The number of furan rings is 2. The van der Waals surface area contributed by atoms with Gasteiger partial charge in [-0.05, 0) is 107 Å². The molecule has 3 heterocycles. The summed E-state index contributed by atoms with van der Waals surface area (Å²) in [4.78, 5) is 2.40. The van der Waals surface area contributed by atoms with E-state index in [1.54, 1.807) is 0 Å². The molecule has 3 aromatic heterocycles. The zero-order valence-corrected chi connectivity index (χ0v) is 33.5. The maximum atomic E-state index is 6.76. The first-order chi connectivity index (χ1) is 30.7. The van der Waals surface area contributed by atoms with Gasteiger partial charge < -0.3 is 18.3 Å². The van der Waals surface area contributed by atoms with E-state index < -0.39 is 0 Å². The highest BCUT2D eigenvalue weighted by atomic mass is 16.3. The number of hydrogen-bond acceptors (Lipinski definition) is 3. The fraction of sp³-hybridized carbons (Fsp3) is 0. The predicted molar refractivity (Wildman–Crippen MR) is 258 cm³/mol. The molecule has 0 spiro atoms. The van der Waals surface area contributed by atoms with E-state index in [4.69, 9.17) is 8.83 Å². The first kappa shape index (κ1) is 34.5. The van der Waals surface area contributed by atoms with Gasteiger partial charge in [-0.1, -0.05) is 133 Å². The number of aromatic nitrogens is 1. The molecule has 4 heteroatoms. The summed E-state index contributed by atoms with van der Waals surface area (Å²) < 4.78 is 15.4. The van der Waals surface area contributed by atoms with Crippen LogP contribution in [0.1, 0.15) is 0 Å². The number of hydrogen-bond donors (Lipinski definition) is 0. The first-order valence-electron chi connectivity index (χ1n) is 21.1. The molecule has 290 valence electrons. The van der Waals surface area contributed by atoms with Gasteiger partial charge in [0.25, 0.3) is 0 Å². The molecular weight excluding hydrogens is 757 g/mol. The van der Waals surface area contributed by atoms with Gasteiger partial charge in [0.05, 0.1) is 27.8 Å². The SMILES string of the molecule is c1ccc(-n2c3ccccc3c3cc(-c4ccc(N(c5ccccc5-c5ccc6oc7ccccc7c6c5)c5cccc6oc7c8ccccc8ccc7c56)cc4)ccc32)cc1. The van der Waals surface area contributed by atoms with Gasteiger partial charge in [0.1, 0.15) is 22.3 Å². The minimum atomic E-state index is 0.849. The molecule has 10 aromatic carbocycles. The molecule has 0 saturated carbocycles. The van der Waals surface area contributed by atoms with Gasteiger partial charge in [-0.15, -0.1) is 0 Å². The Morgan fingerprint density at radius 1 is 0.355 bits per heavy atom. The molecule has 0 unspecified atom stereocenters. The second-order valence-electron chi connectivity index (χ2n) is 16.0. The van der Waals surface area contributed by atoms with Crippen molar-refractivity contribution in [1.82, 2.24) is 4.57 Å². The molecular formula is C58H36N2O2. The Balaban J connectivity index is 1.00. The molecule has 4 nitrogen and oxygen atoms in total. The molecule has 0 atom stereocenters. The summed E-state index contributed by atoms with van der Waals surface area (Å²) >= 11 is 0. The standard InChI is InChI=1S/C58H36N2O2/c1-2-14-41(15-3-1)59-51-21-10-7-18-45(51)48-35-39(28-33-52(48)59)37-25-30-42(31-26-37)60(53-22-12-24-56-57(53)47-32-27-38-13-4-5-17-44(38)58(47)62-56)50-20-9-6-16-43(50)40-29-34-55-49(36-40)46-19-8-11-23-54(46)61-55/h1-36H. The number of anilines is 3. The van der Waals surface area contributed by atoms with E-state index in [9.17, 15) is 0 Å². The molecule has 0 radical (unpaired) electrons.